The zero-order chi connectivity index (χ0) is 14.5. The number of fused-ring (bicyclic) bond motifs is 3. The lowest BCUT2D eigenvalue weighted by atomic mass is 9.82. The Kier molecular flexibility index (Phi) is 2.82. The Hall–Kier alpha value is -1.89. The van der Waals surface area contributed by atoms with Gasteiger partial charge >= 0.3 is 0 Å². The molecular formula is C19H20O. The van der Waals surface area contributed by atoms with E-state index in [4.69, 9.17) is 0 Å². The van der Waals surface area contributed by atoms with Gasteiger partial charge in [0.25, 0.3) is 0 Å². The molecule has 0 saturated heterocycles. The monoisotopic (exact) mass is 264 g/mol. The molecule has 0 spiro atoms. The van der Waals surface area contributed by atoms with E-state index in [1.54, 1.807) is 0 Å². The van der Waals surface area contributed by atoms with E-state index in [0.29, 0.717) is 0 Å². The largest absolute Gasteiger partial charge is 0.289 e. The van der Waals surface area contributed by atoms with Crippen LogP contribution in [0.1, 0.15) is 54.7 Å². The number of carbonyl (C=O) groups is 1. The summed E-state index contributed by atoms with van der Waals surface area (Å²) in [5, 5.41) is 0. The lowest BCUT2D eigenvalue weighted by Gasteiger charge is -2.22. The molecule has 102 valence electrons. The van der Waals surface area contributed by atoms with Crippen molar-refractivity contribution in [3.05, 3.63) is 58.7 Å². The van der Waals surface area contributed by atoms with E-state index < -0.39 is 0 Å². The summed E-state index contributed by atoms with van der Waals surface area (Å²) in [4.78, 5) is 12.8. The van der Waals surface area contributed by atoms with Crippen LogP contribution in [0.5, 0.6) is 0 Å². The molecule has 2 aromatic carbocycles. The first-order chi connectivity index (χ1) is 9.43. The van der Waals surface area contributed by atoms with Gasteiger partial charge in [-0.15, -0.1) is 0 Å². The van der Waals surface area contributed by atoms with Crippen molar-refractivity contribution < 1.29 is 4.79 Å². The standard InChI is InChI=1S/C19H20O/c1-5-12-9-10-13-14-7-6-8-16(19(2,3)4)17(14)18(20)15(13)11-12/h6-11H,5H2,1-4H3. The fourth-order valence-electron chi connectivity index (χ4n) is 3.02. The summed E-state index contributed by atoms with van der Waals surface area (Å²) in [5.74, 6) is 0.191. The predicted molar refractivity (Wildman–Crippen MR) is 83.4 cm³/mol. The van der Waals surface area contributed by atoms with E-state index in [2.05, 4.69) is 64.1 Å². The van der Waals surface area contributed by atoms with Crippen molar-refractivity contribution in [3.63, 3.8) is 0 Å². The van der Waals surface area contributed by atoms with Crippen LogP contribution in [0, 0.1) is 0 Å². The van der Waals surface area contributed by atoms with E-state index in [-0.39, 0.29) is 11.2 Å². The Balaban J connectivity index is 2.28. The van der Waals surface area contributed by atoms with Crippen molar-refractivity contribution in [2.24, 2.45) is 0 Å². The molecule has 0 aliphatic heterocycles. The van der Waals surface area contributed by atoms with Crippen molar-refractivity contribution in [1.29, 1.82) is 0 Å². The second-order valence-corrected chi connectivity index (χ2v) is 6.54. The van der Waals surface area contributed by atoms with Crippen LogP contribution in [-0.4, -0.2) is 5.78 Å². The zero-order valence-electron chi connectivity index (χ0n) is 12.6. The highest BCUT2D eigenvalue weighted by Crippen LogP contribution is 2.41. The Labute approximate surface area is 120 Å². The number of benzene rings is 2. The molecule has 0 atom stereocenters. The van der Waals surface area contributed by atoms with E-state index in [0.717, 1.165) is 34.2 Å². The quantitative estimate of drug-likeness (QED) is 0.619. The highest BCUT2D eigenvalue weighted by atomic mass is 16.1. The molecule has 0 bridgehead atoms. The van der Waals surface area contributed by atoms with Gasteiger partial charge < -0.3 is 0 Å². The molecule has 0 amide bonds. The normalized spacial score (nSPS) is 13.3. The molecule has 0 fully saturated rings. The Morgan fingerprint density at radius 2 is 1.70 bits per heavy atom. The Morgan fingerprint density at radius 1 is 0.950 bits per heavy atom. The van der Waals surface area contributed by atoms with Crippen LogP contribution >= 0.6 is 0 Å². The van der Waals surface area contributed by atoms with Gasteiger partial charge in [-0.3, -0.25) is 4.79 Å². The Morgan fingerprint density at radius 3 is 2.35 bits per heavy atom. The van der Waals surface area contributed by atoms with Gasteiger partial charge in [-0.25, -0.2) is 0 Å². The van der Waals surface area contributed by atoms with Gasteiger partial charge in [-0.05, 0) is 40.2 Å². The third kappa shape index (κ3) is 1.81. The molecule has 0 aromatic heterocycles. The average molecular weight is 264 g/mol. The molecule has 1 nitrogen and oxygen atoms in total. The van der Waals surface area contributed by atoms with Crippen LogP contribution in [0.25, 0.3) is 11.1 Å². The van der Waals surface area contributed by atoms with Crippen LogP contribution < -0.4 is 0 Å². The summed E-state index contributed by atoms with van der Waals surface area (Å²) in [5.41, 5.74) is 6.32. The summed E-state index contributed by atoms with van der Waals surface area (Å²) >= 11 is 0. The van der Waals surface area contributed by atoms with Crippen LogP contribution in [-0.2, 0) is 11.8 Å². The fourth-order valence-corrected chi connectivity index (χ4v) is 3.02. The Bertz CT molecular complexity index is 702. The minimum Gasteiger partial charge on any atom is -0.289 e. The van der Waals surface area contributed by atoms with Crippen molar-refractivity contribution in [1.82, 2.24) is 0 Å². The number of rotatable bonds is 1. The van der Waals surface area contributed by atoms with Crippen LogP contribution in [0.4, 0.5) is 0 Å². The molecule has 0 N–H and O–H groups in total. The SMILES string of the molecule is CCc1ccc2c(c1)C(=O)c1c-2cccc1C(C)(C)C. The number of aryl methyl sites for hydroxylation is 1. The van der Waals surface area contributed by atoms with Crippen molar-refractivity contribution in [2.45, 2.75) is 39.5 Å². The lowest BCUT2D eigenvalue weighted by molar-refractivity contribution is 0.104. The summed E-state index contributed by atoms with van der Waals surface area (Å²) in [7, 11) is 0. The van der Waals surface area contributed by atoms with Crippen molar-refractivity contribution in [3.8, 4) is 11.1 Å². The molecule has 0 saturated carbocycles. The second-order valence-electron chi connectivity index (χ2n) is 6.54. The average Bonchev–Trinajstić information content (AvgIpc) is 2.71. The van der Waals surface area contributed by atoms with Crippen LogP contribution in [0.3, 0.4) is 0 Å². The third-order valence-corrected chi connectivity index (χ3v) is 4.13. The summed E-state index contributed by atoms with van der Waals surface area (Å²) < 4.78 is 0. The minimum atomic E-state index is -0.0172. The first-order valence-electron chi connectivity index (χ1n) is 7.25. The summed E-state index contributed by atoms with van der Waals surface area (Å²) in [6, 6.07) is 12.5. The number of ketones is 1. The maximum absolute atomic E-state index is 12.8. The minimum absolute atomic E-state index is 0.0172. The highest BCUT2D eigenvalue weighted by molar-refractivity contribution is 6.22. The third-order valence-electron chi connectivity index (χ3n) is 4.13. The van der Waals surface area contributed by atoms with Crippen LogP contribution in [0.15, 0.2) is 36.4 Å². The molecule has 0 heterocycles. The van der Waals surface area contributed by atoms with Crippen molar-refractivity contribution >= 4 is 5.78 Å². The van der Waals surface area contributed by atoms with Gasteiger partial charge in [0.2, 0.25) is 0 Å². The molecule has 2 aromatic rings. The lowest BCUT2D eigenvalue weighted by Crippen LogP contribution is -2.16. The molecular weight excluding hydrogens is 244 g/mol. The first kappa shape index (κ1) is 13.1. The molecule has 1 aliphatic rings. The molecule has 0 radical (unpaired) electrons. The van der Waals surface area contributed by atoms with Gasteiger partial charge in [0, 0.05) is 11.1 Å². The van der Waals surface area contributed by atoms with Gasteiger partial charge in [-0.2, -0.15) is 0 Å². The zero-order valence-corrected chi connectivity index (χ0v) is 12.6. The molecule has 0 unspecified atom stereocenters. The predicted octanol–water partition coefficient (Wildman–Crippen LogP) is 4.76. The smallest absolute Gasteiger partial charge is 0.194 e. The number of hydrogen-bond donors (Lipinski definition) is 0. The van der Waals surface area contributed by atoms with E-state index in [1.165, 1.54) is 5.56 Å². The topological polar surface area (TPSA) is 17.1 Å². The maximum Gasteiger partial charge on any atom is 0.194 e. The van der Waals surface area contributed by atoms with Gasteiger partial charge in [-0.1, -0.05) is 58.0 Å². The molecule has 1 aliphatic carbocycles. The highest BCUT2D eigenvalue weighted by Gasteiger charge is 2.32. The van der Waals surface area contributed by atoms with E-state index >= 15 is 0 Å². The van der Waals surface area contributed by atoms with Crippen LogP contribution in [0.2, 0.25) is 0 Å². The van der Waals surface area contributed by atoms with E-state index in [1.807, 2.05) is 0 Å². The molecule has 20 heavy (non-hydrogen) atoms. The maximum atomic E-state index is 12.8. The van der Waals surface area contributed by atoms with Gasteiger partial charge in [0.15, 0.2) is 5.78 Å². The fraction of sp³-hybridized carbons (Fsp3) is 0.316. The number of carbonyl (C=O) groups excluding carboxylic acids is 1. The van der Waals surface area contributed by atoms with E-state index in [9.17, 15) is 4.79 Å². The summed E-state index contributed by atoms with van der Waals surface area (Å²) in [6.45, 7) is 8.61. The first-order valence-corrected chi connectivity index (χ1v) is 7.25. The van der Waals surface area contributed by atoms with Gasteiger partial charge in [0.05, 0.1) is 0 Å². The van der Waals surface area contributed by atoms with Gasteiger partial charge in [0.1, 0.15) is 0 Å². The summed E-state index contributed by atoms with van der Waals surface area (Å²) in [6.07, 6.45) is 0.961. The number of hydrogen-bond acceptors (Lipinski definition) is 1. The van der Waals surface area contributed by atoms with Crippen molar-refractivity contribution in [2.75, 3.05) is 0 Å². The second kappa shape index (κ2) is 4.31. The molecule has 1 heteroatoms. The molecule has 3 rings (SSSR count).